The van der Waals surface area contributed by atoms with Gasteiger partial charge in [0.1, 0.15) is 5.75 Å². The van der Waals surface area contributed by atoms with Crippen LogP contribution < -0.4 is 15.0 Å². The van der Waals surface area contributed by atoms with Crippen LogP contribution in [0, 0.1) is 0 Å². The van der Waals surface area contributed by atoms with Crippen LogP contribution in [-0.2, 0) is 0 Å². The normalized spacial score (nSPS) is 13.8. The van der Waals surface area contributed by atoms with E-state index in [0.717, 1.165) is 35.9 Å². The zero-order valence-electron chi connectivity index (χ0n) is 16.4. The fraction of sp³-hybridized carbons (Fsp3) is 0.217. The molecule has 6 heteroatoms. The summed E-state index contributed by atoms with van der Waals surface area (Å²) in [6.45, 7) is 2.96. The van der Waals surface area contributed by atoms with E-state index in [1.165, 1.54) is 0 Å². The number of pyridine rings is 1. The first-order valence-corrected chi connectivity index (χ1v) is 9.68. The topological polar surface area (TPSA) is 57.7 Å². The van der Waals surface area contributed by atoms with Gasteiger partial charge in [-0.15, -0.1) is 0 Å². The van der Waals surface area contributed by atoms with Crippen LogP contribution in [0.25, 0.3) is 0 Å². The Labute approximate surface area is 170 Å². The molecule has 0 unspecified atom stereocenters. The number of amides is 1. The van der Waals surface area contributed by atoms with E-state index in [4.69, 9.17) is 4.74 Å². The monoisotopic (exact) mass is 388 g/mol. The quantitative estimate of drug-likeness (QED) is 0.721. The molecule has 2 aromatic carbocycles. The predicted octanol–water partition coefficient (Wildman–Crippen LogP) is 3.80. The lowest BCUT2D eigenvalue weighted by atomic mass is 10.2. The van der Waals surface area contributed by atoms with Crippen LogP contribution in [0.5, 0.6) is 5.75 Å². The first-order valence-electron chi connectivity index (χ1n) is 9.68. The van der Waals surface area contributed by atoms with Crippen molar-refractivity contribution in [3.63, 3.8) is 0 Å². The van der Waals surface area contributed by atoms with Crippen LogP contribution >= 0.6 is 0 Å². The third kappa shape index (κ3) is 4.48. The van der Waals surface area contributed by atoms with Crippen molar-refractivity contribution in [3.8, 4) is 5.75 Å². The van der Waals surface area contributed by atoms with Gasteiger partial charge in [0, 0.05) is 43.8 Å². The molecule has 0 atom stereocenters. The maximum atomic E-state index is 13.0. The molecule has 1 N–H and O–H groups in total. The Kier molecular flexibility index (Phi) is 5.61. The second kappa shape index (κ2) is 8.65. The van der Waals surface area contributed by atoms with E-state index in [1.807, 2.05) is 53.4 Å². The Balaban J connectivity index is 1.38. The number of ether oxygens (including phenoxy) is 1. The molecule has 29 heavy (non-hydrogen) atoms. The van der Waals surface area contributed by atoms with Crippen molar-refractivity contribution in [1.29, 1.82) is 0 Å². The highest BCUT2D eigenvalue weighted by molar-refractivity contribution is 5.95. The van der Waals surface area contributed by atoms with Gasteiger partial charge in [-0.2, -0.15) is 0 Å². The number of hydrogen-bond acceptors (Lipinski definition) is 5. The van der Waals surface area contributed by atoms with Crippen molar-refractivity contribution in [3.05, 3.63) is 78.6 Å². The minimum atomic E-state index is 0.0172. The van der Waals surface area contributed by atoms with Crippen molar-refractivity contribution in [1.82, 2.24) is 9.88 Å². The fourth-order valence-electron chi connectivity index (χ4n) is 3.46. The largest absolute Gasteiger partial charge is 0.497 e. The molecule has 0 bridgehead atoms. The van der Waals surface area contributed by atoms with E-state index < -0.39 is 0 Å². The lowest BCUT2D eigenvalue weighted by Crippen LogP contribution is -2.48. The number of carbonyl (C=O) groups is 1. The van der Waals surface area contributed by atoms with E-state index in [9.17, 15) is 4.79 Å². The molecule has 1 fully saturated rings. The third-order valence-corrected chi connectivity index (χ3v) is 5.05. The van der Waals surface area contributed by atoms with Crippen molar-refractivity contribution >= 4 is 23.0 Å². The van der Waals surface area contributed by atoms with Gasteiger partial charge in [0.2, 0.25) is 0 Å². The van der Waals surface area contributed by atoms with Gasteiger partial charge in [0.15, 0.2) is 0 Å². The molecule has 1 amide bonds. The third-order valence-electron chi connectivity index (χ3n) is 5.05. The lowest BCUT2D eigenvalue weighted by Gasteiger charge is -2.36. The zero-order chi connectivity index (χ0) is 20.1. The molecule has 0 spiro atoms. The number of benzene rings is 2. The second-order valence-electron chi connectivity index (χ2n) is 6.93. The van der Waals surface area contributed by atoms with E-state index in [0.29, 0.717) is 18.7 Å². The Morgan fingerprint density at radius 3 is 2.34 bits per heavy atom. The van der Waals surface area contributed by atoms with Crippen LogP contribution in [0.15, 0.2) is 73.1 Å². The zero-order valence-corrected chi connectivity index (χ0v) is 16.4. The van der Waals surface area contributed by atoms with Crippen molar-refractivity contribution in [2.45, 2.75) is 0 Å². The fourth-order valence-corrected chi connectivity index (χ4v) is 3.46. The Morgan fingerprint density at radius 1 is 0.931 bits per heavy atom. The van der Waals surface area contributed by atoms with Gasteiger partial charge in [-0.05, 0) is 42.5 Å². The van der Waals surface area contributed by atoms with Gasteiger partial charge >= 0.3 is 0 Å². The number of hydrogen-bond donors (Lipinski definition) is 1. The van der Waals surface area contributed by atoms with Gasteiger partial charge in [-0.3, -0.25) is 9.78 Å². The second-order valence-corrected chi connectivity index (χ2v) is 6.93. The molecule has 0 aliphatic carbocycles. The standard InChI is InChI=1S/C23H24N4O2/c1-29-22-9-7-21(8-10-22)26-11-13-27(14-12-26)23(28)18-15-20(17-24-16-18)25-19-5-3-2-4-6-19/h2-10,15-17,25H,11-14H2,1H3. The van der Waals surface area contributed by atoms with E-state index in [2.05, 4.69) is 27.3 Å². The molecule has 148 valence electrons. The predicted molar refractivity (Wildman–Crippen MR) is 115 cm³/mol. The molecule has 2 heterocycles. The Hall–Kier alpha value is -3.54. The maximum Gasteiger partial charge on any atom is 0.255 e. The number of carbonyl (C=O) groups excluding carboxylic acids is 1. The maximum absolute atomic E-state index is 13.0. The molecule has 0 radical (unpaired) electrons. The van der Waals surface area contributed by atoms with Crippen LogP contribution in [0.4, 0.5) is 17.1 Å². The number of piperazine rings is 1. The first-order chi connectivity index (χ1) is 14.2. The highest BCUT2D eigenvalue weighted by Crippen LogP contribution is 2.22. The van der Waals surface area contributed by atoms with Gasteiger partial charge in [0.05, 0.1) is 24.6 Å². The van der Waals surface area contributed by atoms with Gasteiger partial charge in [0.25, 0.3) is 5.91 Å². The highest BCUT2D eigenvalue weighted by Gasteiger charge is 2.22. The van der Waals surface area contributed by atoms with E-state index >= 15 is 0 Å². The lowest BCUT2D eigenvalue weighted by molar-refractivity contribution is 0.0746. The van der Waals surface area contributed by atoms with Crippen molar-refractivity contribution in [2.24, 2.45) is 0 Å². The molecular formula is C23H24N4O2. The minimum absolute atomic E-state index is 0.0172. The summed E-state index contributed by atoms with van der Waals surface area (Å²) in [4.78, 5) is 21.4. The molecule has 1 saturated heterocycles. The smallest absolute Gasteiger partial charge is 0.255 e. The summed E-state index contributed by atoms with van der Waals surface area (Å²) in [5.41, 5.74) is 3.52. The first kappa shape index (κ1) is 18.8. The molecule has 0 saturated carbocycles. The van der Waals surface area contributed by atoms with Crippen LogP contribution in [0.3, 0.4) is 0 Å². The average molecular weight is 388 g/mol. The summed E-state index contributed by atoms with van der Waals surface area (Å²) in [6.07, 6.45) is 3.36. The number of rotatable bonds is 5. The Bertz CT molecular complexity index is 952. The van der Waals surface area contributed by atoms with Gasteiger partial charge in [-0.25, -0.2) is 0 Å². The SMILES string of the molecule is COc1ccc(N2CCN(C(=O)c3cncc(Nc4ccccc4)c3)CC2)cc1. The number of nitrogens with one attached hydrogen (secondary N) is 1. The summed E-state index contributed by atoms with van der Waals surface area (Å²) in [6, 6.07) is 19.7. The van der Waals surface area contributed by atoms with Crippen molar-refractivity contribution in [2.75, 3.05) is 43.5 Å². The van der Waals surface area contributed by atoms with Gasteiger partial charge in [-0.1, -0.05) is 18.2 Å². The average Bonchev–Trinajstić information content (AvgIpc) is 2.80. The molecular weight excluding hydrogens is 364 g/mol. The summed E-state index contributed by atoms with van der Waals surface area (Å²) in [5, 5.41) is 3.29. The number of para-hydroxylation sites is 1. The van der Waals surface area contributed by atoms with E-state index in [-0.39, 0.29) is 5.91 Å². The van der Waals surface area contributed by atoms with Crippen molar-refractivity contribution < 1.29 is 9.53 Å². The molecule has 1 aliphatic heterocycles. The molecule has 1 aromatic heterocycles. The van der Waals surface area contributed by atoms with Crippen LogP contribution in [-0.4, -0.2) is 49.1 Å². The highest BCUT2D eigenvalue weighted by atomic mass is 16.5. The number of methoxy groups -OCH3 is 1. The molecule has 6 nitrogen and oxygen atoms in total. The molecule has 4 rings (SSSR count). The summed E-state index contributed by atoms with van der Waals surface area (Å²) >= 11 is 0. The van der Waals surface area contributed by atoms with Gasteiger partial charge < -0.3 is 19.9 Å². The summed E-state index contributed by atoms with van der Waals surface area (Å²) in [5.74, 6) is 0.864. The molecule has 1 aliphatic rings. The molecule has 3 aromatic rings. The van der Waals surface area contributed by atoms with E-state index in [1.54, 1.807) is 19.5 Å². The number of anilines is 3. The number of nitrogens with zero attached hydrogens (tertiary/aromatic N) is 3. The Morgan fingerprint density at radius 2 is 1.66 bits per heavy atom. The van der Waals surface area contributed by atoms with Crippen LogP contribution in [0.1, 0.15) is 10.4 Å². The summed E-state index contributed by atoms with van der Waals surface area (Å²) < 4.78 is 5.22. The minimum Gasteiger partial charge on any atom is -0.497 e. The number of aromatic nitrogens is 1. The van der Waals surface area contributed by atoms with Crippen LogP contribution in [0.2, 0.25) is 0 Å². The summed E-state index contributed by atoms with van der Waals surface area (Å²) in [7, 11) is 1.67.